The number of aryl methyl sites for hydroxylation is 6. The minimum absolute atomic E-state index is 0.906. The number of rotatable bonds is 6. The van der Waals surface area contributed by atoms with E-state index in [1.165, 1.54) is 22.3 Å². The van der Waals surface area contributed by atoms with Crippen molar-refractivity contribution in [2.75, 3.05) is 0 Å². The van der Waals surface area contributed by atoms with Gasteiger partial charge in [0.2, 0.25) is 0 Å². The van der Waals surface area contributed by atoms with Gasteiger partial charge in [-0.25, -0.2) is 0 Å². The second kappa shape index (κ2) is 6.04. The van der Waals surface area contributed by atoms with E-state index in [1.54, 1.807) is 12.5 Å². The lowest BCUT2D eigenvalue weighted by molar-refractivity contribution is 0.396. The summed E-state index contributed by atoms with van der Waals surface area (Å²) in [6.07, 6.45) is 11.5. The summed E-state index contributed by atoms with van der Waals surface area (Å²) in [7, 11) is 0. The second-order valence-electron chi connectivity index (χ2n) is 5.44. The van der Waals surface area contributed by atoms with E-state index in [-0.39, 0.29) is 0 Å². The molecule has 0 saturated carbocycles. The molecular formula is C17H20N2O2. The maximum Gasteiger partial charge on any atom is 0.136 e. The number of nitrogens with one attached hydrogen (secondary N) is 1. The van der Waals surface area contributed by atoms with Crippen LogP contribution in [0, 0.1) is 13.8 Å². The molecule has 1 N–H and O–H groups in total. The highest BCUT2D eigenvalue weighted by Crippen LogP contribution is 2.18. The first-order valence-corrected chi connectivity index (χ1v) is 7.31. The Morgan fingerprint density at radius 1 is 1.00 bits per heavy atom. The van der Waals surface area contributed by atoms with Gasteiger partial charge in [-0.1, -0.05) is 5.16 Å². The Morgan fingerprint density at radius 2 is 1.81 bits per heavy atom. The van der Waals surface area contributed by atoms with E-state index in [0.717, 1.165) is 37.2 Å². The number of aromatic nitrogens is 2. The SMILES string of the molecule is Cc1c[nH]cc1CCc1occc1CCc1cnoc1C. The van der Waals surface area contributed by atoms with E-state index in [0.29, 0.717) is 0 Å². The van der Waals surface area contributed by atoms with Crippen LogP contribution in [0.5, 0.6) is 0 Å². The van der Waals surface area contributed by atoms with Crippen molar-refractivity contribution in [3.63, 3.8) is 0 Å². The molecular weight excluding hydrogens is 264 g/mol. The standard InChI is InChI=1S/C17H20N2O2/c1-12-9-18-10-15(12)5-6-17-14(7-8-20-17)3-4-16-11-19-21-13(16)2/h7-11,18H,3-6H2,1-2H3. The van der Waals surface area contributed by atoms with Crippen LogP contribution in [0.25, 0.3) is 0 Å². The molecule has 3 aromatic rings. The Hall–Kier alpha value is -2.23. The zero-order chi connectivity index (χ0) is 14.7. The lowest BCUT2D eigenvalue weighted by atomic mass is 10.0. The summed E-state index contributed by atoms with van der Waals surface area (Å²) in [4.78, 5) is 3.14. The number of hydrogen-bond acceptors (Lipinski definition) is 3. The smallest absolute Gasteiger partial charge is 0.136 e. The number of hydrogen-bond donors (Lipinski definition) is 1. The molecule has 3 heterocycles. The Kier molecular flexibility index (Phi) is 3.95. The van der Waals surface area contributed by atoms with Crippen LogP contribution < -0.4 is 0 Å². The van der Waals surface area contributed by atoms with Gasteiger partial charge in [-0.15, -0.1) is 0 Å². The van der Waals surface area contributed by atoms with Gasteiger partial charge in [0, 0.05) is 24.4 Å². The van der Waals surface area contributed by atoms with Crippen molar-refractivity contribution in [3.05, 3.63) is 64.7 Å². The van der Waals surface area contributed by atoms with Crippen LogP contribution in [-0.2, 0) is 25.7 Å². The first kappa shape index (κ1) is 13.7. The van der Waals surface area contributed by atoms with E-state index >= 15 is 0 Å². The average molecular weight is 284 g/mol. The fourth-order valence-electron chi connectivity index (χ4n) is 2.63. The van der Waals surface area contributed by atoms with Gasteiger partial charge in [-0.05, 0) is 55.9 Å². The molecule has 4 heteroatoms. The number of furan rings is 1. The third-order valence-corrected chi connectivity index (χ3v) is 4.04. The first-order chi connectivity index (χ1) is 10.2. The lowest BCUT2D eigenvalue weighted by Gasteiger charge is -2.03. The average Bonchev–Trinajstić information content (AvgIpc) is 3.17. The summed E-state index contributed by atoms with van der Waals surface area (Å²) < 4.78 is 10.8. The van der Waals surface area contributed by atoms with Gasteiger partial charge in [0.25, 0.3) is 0 Å². The molecule has 0 spiro atoms. The van der Waals surface area contributed by atoms with E-state index in [4.69, 9.17) is 8.94 Å². The molecule has 0 unspecified atom stereocenters. The third-order valence-electron chi connectivity index (χ3n) is 4.04. The van der Waals surface area contributed by atoms with Crippen LogP contribution in [0.1, 0.15) is 33.8 Å². The van der Waals surface area contributed by atoms with Crippen molar-refractivity contribution in [1.82, 2.24) is 10.1 Å². The molecule has 4 nitrogen and oxygen atoms in total. The molecule has 0 saturated heterocycles. The second-order valence-corrected chi connectivity index (χ2v) is 5.44. The predicted molar refractivity (Wildman–Crippen MR) is 80.3 cm³/mol. The zero-order valence-electron chi connectivity index (χ0n) is 12.5. The van der Waals surface area contributed by atoms with Crippen LogP contribution in [-0.4, -0.2) is 10.1 Å². The first-order valence-electron chi connectivity index (χ1n) is 7.31. The molecule has 0 aliphatic heterocycles. The summed E-state index contributed by atoms with van der Waals surface area (Å²) in [6, 6.07) is 2.07. The molecule has 0 aromatic carbocycles. The minimum Gasteiger partial charge on any atom is -0.469 e. The Morgan fingerprint density at radius 3 is 2.52 bits per heavy atom. The topological polar surface area (TPSA) is 55.0 Å². The van der Waals surface area contributed by atoms with E-state index < -0.39 is 0 Å². The Bertz CT molecular complexity index is 647. The molecule has 0 fully saturated rings. The highest BCUT2D eigenvalue weighted by Gasteiger charge is 2.10. The molecule has 0 amide bonds. The molecule has 3 rings (SSSR count). The maximum atomic E-state index is 5.65. The summed E-state index contributed by atoms with van der Waals surface area (Å²) in [5.74, 6) is 1.99. The highest BCUT2D eigenvalue weighted by molar-refractivity contribution is 5.25. The van der Waals surface area contributed by atoms with Gasteiger partial charge in [0.15, 0.2) is 0 Å². The highest BCUT2D eigenvalue weighted by atomic mass is 16.5. The maximum absolute atomic E-state index is 5.65. The molecule has 0 bridgehead atoms. The van der Waals surface area contributed by atoms with E-state index in [2.05, 4.69) is 29.3 Å². The fraction of sp³-hybridized carbons (Fsp3) is 0.353. The van der Waals surface area contributed by atoms with Crippen LogP contribution in [0.15, 0.2) is 39.9 Å². The van der Waals surface area contributed by atoms with Crippen LogP contribution >= 0.6 is 0 Å². The molecule has 0 atom stereocenters. The van der Waals surface area contributed by atoms with Gasteiger partial charge >= 0.3 is 0 Å². The largest absolute Gasteiger partial charge is 0.469 e. The van der Waals surface area contributed by atoms with Gasteiger partial charge < -0.3 is 13.9 Å². The lowest BCUT2D eigenvalue weighted by Crippen LogP contribution is -1.97. The molecule has 21 heavy (non-hydrogen) atoms. The molecule has 3 aromatic heterocycles. The molecule has 110 valence electrons. The van der Waals surface area contributed by atoms with E-state index in [9.17, 15) is 0 Å². The van der Waals surface area contributed by atoms with E-state index in [1.807, 2.05) is 13.1 Å². The van der Waals surface area contributed by atoms with Gasteiger partial charge in [-0.2, -0.15) is 0 Å². The number of H-pyrrole nitrogens is 1. The summed E-state index contributed by atoms with van der Waals surface area (Å²) in [5.41, 5.74) is 5.11. The van der Waals surface area contributed by atoms with Crippen molar-refractivity contribution >= 4 is 0 Å². The molecule has 0 radical (unpaired) electrons. The quantitative estimate of drug-likeness (QED) is 0.749. The van der Waals surface area contributed by atoms with Crippen molar-refractivity contribution in [1.29, 1.82) is 0 Å². The predicted octanol–water partition coefficient (Wildman–Crippen LogP) is 3.78. The number of aromatic amines is 1. The molecule has 0 aliphatic rings. The third kappa shape index (κ3) is 3.10. The van der Waals surface area contributed by atoms with Gasteiger partial charge in [-0.3, -0.25) is 0 Å². The monoisotopic (exact) mass is 284 g/mol. The van der Waals surface area contributed by atoms with Crippen molar-refractivity contribution in [2.45, 2.75) is 39.5 Å². The van der Waals surface area contributed by atoms with Crippen molar-refractivity contribution in [2.24, 2.45) is 0 Å². The summed E-state index contributed by atoms with van der Waals surface area (Å²) >= 11 is 0. The summed E-state index contributed by atoms with van der Waals surface area (Å²) in [6.45, 7) is 4.08. The fourth-order valence-corrected chi connectivity index (χ4v) is 2.63. The van der Waals surface area contributed by atoms with Gasteiger partial charge in [0.05, 0.1) is 12.5 Å². The van der Waals surface area contributed by atoms with Crippen LogP contribution in [0.2, 0.25) is 0 Å². The van der Waals surface area contributed by atoms with Gasteiger partial charge in [0.1, 0.15) is 11.5 Å². The normalized spacial score (nSPS) is 11.1. The number of nitrogens with zero attached hydrogens (tertiary/aromatic N) is 1. The van der Waals surface area contributed by atoms with Crippen LogP contribution in [0.4, 0.5) is 0 Å². The van der Waals surface area contributed by atoms with Crippen molar-refractivity contribution in [3.8, 4) is 0 Å². The molecule has 0 aliphatic carbocycles. The Labute approximate surface area is 124 Å². The summed E-state index contributed by atoms with van der Waals surface area (Å²) in [5, 5.41) is 3.82. The van der Waals surface area contributed by atoms with Crippen LogP contribution in [0.3, 0.4) is 0 Å². The Balaban J connectivity index is 1.61. The van der Waals surface area contributed by atoms with Crippen molar-refractivity contribution < 1.29 is 8.94 Å². The zero-order valence-corrected chi connectivity index (χ0v) is 12.5. The minimum atomic E-state index is 0.906.